The standard InChI is InChI=1S/C21H37ClO3/c1-2-3-4-5-6-7-8-9-10-11-12-13-14-15-16-17-21(24)25-20(18-22)19-23/h6-7,9-10,20,23H,2-5,8,11-19H2,1H3/b7-6-,10-9-/t20-/m0/s1. The molecule has 0 saturated carbocycles. The topological polar surface area (TPSA) is 46.5 Å². The molecule has 0 aromatic heterocycles. The maximum atomic E-state index is 11.5. The predicted octanol–water partition coefficient (Wildman–Crippen LogP) is 5.94. The Balaban J connectivity index is 3.35. The number of rotatable bonds is 17. The number of esters is 1. The van der Waals surface area contributed by atoms with Gasteiger partial charge in [0.2, 0.25) is 0 Å². The van der Waals surface area contributed by atoms with Crippen LogP contribution in [0.5, 0.6) is 0 Å². The Morgan fingerprint density at radius 3 is 2.16 bits per heavy atom. The summed E-state index contributed by atoms with van der Waals surface area (Å²) in [6.07, 6.45) is 21.7. The summed E-state index contributed by atoms with van der Waals surface area (Å²) < 4.78 is 5.03. The number of aliphatic hydroxyl groups excluding tert-OH is 1. The number of aliphatic hydroxyl groups is 1. The van der Waals surface area contributed by atoms with Crippen LogP contribution in [0, 0.1) is 0 Å². The number of alkyl halides is 1. The van der Waals surface area contributed by atoms with Crippen LogP contribution in [0.3, 0.4) is 0 Å². The number of hydrogen-bond acceptors (Lipinski definition) is 3. The van der Waals surface area contributed by atoms with Gasteiger partial charge in [0.05, 0.1) is 12.5 Å². The first-order chi connectivity index (χ1) is 12.2. The highest BCUT2D eigenvalue weighted by atomic mass is 35.5. The molecule has 0 aliphatic rings. The van der Waals surface area contributed by atoms with Gasteiger partial charge in [0.15, 0.2) is 0 Å². The summed E-state index contributed by atoms with van der Waals surface area (Å²) in [5.41, 5.74) is 0. The molecule has 0 aromatic rings. The van der Waals surface area contributed by atoms with Crippen LogP contribution in [0.1, 0.15) is 84.0 Å². The summed E-state index contributed by atoms with van der Waals surface area (Å²) in [5, 5.41) is 8.91. The zero-order valence-electron chi connectivity index (χ0n) is 15.9. The molecule has 0 aliphatic heterocycles. The van der Waals surface area contributed by atoms with E-state index in [1.165, 1.54) is 38.5 Å². The molecule has 0 rings (SSSR count). The molecule has 0 aromatic carbocycles. The predicted molar refractivity (Wildman–Crippen MR) is 107 cm³/mol. The molecule has 0 unspecified atom stereocenters. The average Bonchev–Trinajstić information content (AvgIpc) is 2.62. The van der Waals surface area contributed by atoms with Gasteiger partial charge in [0.1, 0.15) is 6.10 Å². The Bertz CT molecular complexity index is 349. The van der Waals surface area contributed by atoms with Gasteiger partial charge in [0.25, 0.3) is 0 Å². The molecule has 0 fully saturated rings. The smallest absolute Gasteiger partial charge is 0.306 e. The highest BCUT2D eigenvalue weighted by molar-refractivity contribution is 6.18. The van der Waals surface area contributed by atoms with E-state index in [0.717, 1.165) is 32.1 Å². The molecule has 0 radical (unpaired) electrons. The van der Waals surface area contributed by atoms with E-state index >= 15 is 0 Å². The van der Waals surface area contributed by atoms with Gasteiger partial charge >= 0.3 is 5.97 Å². The van der Waals surface area contributed by atoms with Crippen molar-refractivity contribution in [2.24, 2.45) is 0 Å². The second-order valence-electron chi connectivity index (χ2n) is 6.43. The van der Waals surface area contributed by atoms with Gasteiger partial charge in [-0.2, -0.15) is 0 Å². The van der Waals surface area contributed by atoms with Crippen molar-refractivity contribution in [1.82, 2.24) is 0 Å². The van der Waals surface area contributed by atoms with Gasteiger partial charge < -0.3 is 9.84 Å². The van der Waals surface area contributed by atoms with E-state index in [0.29, 0.717) is 6.42 Å². The van der Waals surface area contributed by atoms with Crippen molar-refractivity contribution in [3.8, 4) is 0 Å². The summed E-state index contributed by atoms with van der Waals surface area (Å²) in [7, 11) is 0. The quantitative estimate of drug-likeness (QED) is 0.149. The van der Waals surface area contributed by atoms with E-state index < -0.39 is 6.10 Å². The lowest BCUT2D eigenvalue weighted by Gasteiger charge is -2.12. The van der Waals surface area contributed by atoms with E-state index in [-0.39, 0.29) is 18.5 Å². The summed E-state index contributed by atoms with van der Waals surface area (Å²) in [6.45, 7) is 2.02. The van der Waals surface area contributed by atoms with Crippen LogP contribution in [-0.2, 0) is 9.53 Å². The van der Waals surface area contributed by atoms with Crippen LogP contribution < -0.4 is 0 Å². The van der Waals surface area contributed by atoms with Crippen molar-refractivity contribution < 1.29 is 14.6 Å². The molecule has 146 valence electrons. The van der Waals surface area contributed by atoms with Gasteiger partial charge in [-0.05, 0) is 38.5 Å². The average molecular weight is 373 g/mol. The third-order valence-electron chi connectivity index (χ3n) is 4.01. The molecule has 3 nitrogen and oxygen atoms in total. The van der Waals surface area contributed by atoms with Crippen molar-refractivity contribution >= 4 is 17.6 Å². The molecule has 0 aliphatic carbocycles. The summed E-state index contributed by atoms with van der Waals surface area (Å²) in [6, 6.07) is 0. The van der Waals surface area contributed by atoms with Gasteiger partial charge in [0, 0.05) is 6.42 Å². The number of allylic oxidation sites excluding steroid dienone is 4. The van der Waals surface area contributed by atoms with Gasteiger partial charge in [-0.1, -0.05) is 63.3 Å². The number of ether oxygens (including phenoxy) is 1. The third-order valence-corrected chi connectivity index (χ3v) is 4.35. The first-order valence-electron chi connectivity index (χ1n) is 9.90. The normalized spacial score (nSPS) is 12.9. The molecule has 0 spiro atoms. The van der Waals surface area contributed by atoms with E-state index in [1.807, 2.05) is 0 Å². The van der Waals surface area contributed by atoms with Crippen LogP contribution in [0.15, 0.2) is 24.3 Å². The third kappa shape index (κ3) is 17.8. The van der Waals surface area contributed by atoms with E-state index in [1.54, 1.807) is 0 Å². The summed E-state index contributed by atoms with van der Waals surface area (Å²) in [5.74, 6) is -0.116. The maximum absolute atomic E-state index is 11.5. The fraction of sp³-hybridized carbons (Fsp3) is 0.762. The Kier molecular flexibility index (Phi) is 18.9. The molecule has 1 atom stereocenters. The molecular weight excluding hydrogens is 336 g/mol. The maximum Gasteiger partial charge on any atom is 0.306 e. The lowest BCUT2D eigenvalue weighted by molar-refractivity contribution is -0.149. The Hall–Kier alpha value is -0.800. The van der Waals surface area contributed by atoms with E-state index in [9.17, 15) is 4.79 Å². The number of hydrogen-bond donors (Lipinski definition) is 1. The first-order valence-corrected chi connectivity index (χ1v) is 10.4. The Labute approximate surface area is 159 Å². The largest absolute Gasteiger partial charge is 0.459 e. The molecule has 0 saturated heterocycles. The Morgan fingerprint density at radius 1 is 0.960 bits per heavy atom. The highest BCUT2D eigenvalue weighted by Crippen LogP contribution is 2.09. The molecule has 0 heterocycles. The number of carbonyl (C=O) groups is 1. The minimum atomic E-state index is -0.563. The summed E-state index contributed by atoms with van der Waals surface area (Å²) >= 11 is 5.56. The highest BCUT2D eigenvalue weighted by Gasteiger charge is 2.11. The zero-order valence-corrected chi connectivity index (χ0v) is 16.7. The summed E-state index contributed by atoms with van der Waals surface area (Å²) in [4.78, 5) is 11.5. The van der Waals surface area contributed by atoms with Crippen LogP contribution >= 0.6 is 11.6 Å². The van der Waals surface area contributed by atoms with Crippen molar-refractivity contribution in [2.45, 2.75) is 90.1 Å². The van der Waals surface area contributed by atoms with Crippen LogP contribution in [0.4, 0.5) is 0 Å². The number of carbonyl (C=O) groups excluding carboxylic acids is 1. The molecule has 1 N–H and O–H groups in total. The minimum Gasteiger partial charge on any atom is -0.459 e. The minimum absolute atomic E-state index is 0.143. The van der Waals surface area contributed by atoms with Crippen LogP contribution in [0.25, 0.3) is 0 Å². The van der Waals surface area contributed by atoms with Crippen molar-refractivity contribution in [3.05, 3.63) is 24.3 Å². The molecule has 0 amide bonds. The second-order valence-corrected chi connectivity index (χ2v) is 6.74. The molecular formula is C21H37ClO3. The fourth-order valence-electron chi connectivity index (χ4n) is 2.44. The van der Waals surface area contributed by atoms with E-state index in [2.05, 4.69) is 31.2 Å². The van der Waals surface area contributed by atoms with Crippen molar-refractivity contribution in [1.29, 1.82) is 0 Å². The van der Waals surface area contributed by atoms with Crippen LogP contribution in [-0.4, -0.2) is 29.7 Å². The molecule has 0 bridgehead atoms. The van der Waals surface area contributed by atoms with Gasteiger partial charge in [-0.3, -0.25) is 4.79 Å². The molecule has 4 heteroatoms. The second kappa shape index (κ2) is 19.5. The van der Waals surface area contributed by atoms with Crippen LogP contribution in [0.2, 0.25) is 0 Å². The lowest BCUT2D eigenvalue weighted by Crippen LogP contribution is -2.23. The first kappa shape index (κ1) is 24.2. The van der Waals surface area contributed by atoms with Crippen molar-refractivity contribution in [3.63, 3.8) is 0 Å². The SMILES string of the molecule is CCCCC/C=C\C/C=C\CCCCCCCC(=O)O[C@H](CO)CCl. The fourth-order valence-corrected chi connectivity index (χ4v) is 2.60. The zero-order chi connectivity index (χ0) is 18.6. The number of halogens is 1. The lowest BCUT2D eigenvalue weighted by atomic mass is 10.1. The van der Waals surface area contributed by atoms with Crippen molar-refractivity contribution in [2.75, 3.05) is 12.5 Å². The molecule has 25 heavy (non-hydrogen) atoms. The monoisotopic (exact) mass is 372 g/mol. The van der Waals surface area contributed by atoms with E-state index in [4.69, 9.17) is 21.4 Å². The Morgan fingerprint density at radius 2 is 1.56 bits per heavy atom. The van der Waals surface area contributed by atoms with Gasteiger partial charge in [-0.15, -0.1) is 11.6 Å². The number of unbranched alkanes of at least 4 members (excludes halogenated alkanes) is 8. The van der Waals surface area contributed by atoms with Gasteiger partial charge in [-0.25, -0.2) is 0 Å².